The normalized spacial score (nSPS) is 18.8. The zero-order chi connectivity index (χ0) is 11.0. The van der Waals surface area contributed by atoms with Gasteiger partial charge in [0.1, 0.15) is 6.26 Å². The Morgan fingerprint density at radius 2 is 2.25 bits per heavy atom. The Morgan fingerprint density at radius 1 is 1.38 bits per heavy atom. The molecule has 0 N–H and O–H groups in total. The molecule has 0 fully saturated rings. The van der Waals surface area contributed by atoms with Crippen molar-refractivity contribution < 1.29 is 9.32 Å². The van der Waals surface area contributed by atoms with E-state index in [1.54, 1.807) is 12.5 Å². The zero-order valence-corrected chi connectivity index (χ0v) is 8.72. The van der Waals surface area contributed by atoms with Gasteiger partial charge in [-0.25, -0.2) is 0 Å². The predicted molar refractivity (Wildman–Crippen MR) is 58.2 cm³/mol. The molecular formula is C13H11NO2. The molecular weight excluding hydrogens is 202 g/mol. The highest BCUT2D eigenvalue weighted by Crippen LogP contribution is 2.28. The third-order valence-corrected chi connectivity index (χ3v) is 3.09. The Morgan fingerprint density at radius 3 is 3.00 bits per heavy atom. The second-order valence-electron chi connectivity index (χ2n) is 4.16. The van der Waals surface area contributed by atoms with Crippen molar-refractivity contribution >= 4 is 5.78 Å². The van der Waals surface area contributed by atoms with Gasteiger partial charge in [-0.15, -0.1) is 0 Å². The Bertz CT molecular complexity index is 514. The molecule has 3 rings (SSSR count). The maximum atomic E-state index is 12.1. The number of rotatable bonds is 2. The molecule has 1 aliphatic rings. The van der Waals surface area contributed by atoms with Gasteiger partial charge >= 0.3 is 0 Å². The number of carbonyl (C=O) groups is 1. The van der Waals surface area contributed by atoms with E-state index in [0.717, 1.165) is 29.5 Å². The quantitative estimate of drug-likeness (QED) is 0.768. The summed E-state index contributed by atoms with van der Waals surface area (Å²) in [6, 6.07) is 7.83. The summed E-state index contributed by atoms with van der Waals surface area (Å²) in [4.78, 5) is 12.1. The number of aromatic nitrogens is 1. The van der Waals surface area contributed by atoms with Gasteiger partial charge < -0.3 is 4.52 Å². The Balaban J connectivity index is 1.85. The summed E-state index contributed by atoms with van der Waals surface area (Å²) < 4.78 is 4.78. The molecule has 1 aromatic heterocycles. The molecule has 2 aromatic rings. The van der Waals surface area contributed by atoms with Crippen LogP contribution >= 0.6 is 0 Å². The first-order valence-corrected chi connectivity index (χ1v) is 5.35. The molecule has 0 bridgehead atoms. The average molecular weight is 213 g/mol. The second-order valence-corrected chi connectivity index (χ2v) is 4.16. The standard InChI is InChI=1S/C13H11NO2/c15-13-11(5-9-7-14-16-8-9)6-10-3-1-2-4-12(10)13/h1-4,7-8,11H,5-6H2. The van der Waals surface area contributed by atoms with Crippen LogP contribution in [0.1, 0.15) is 21.5 Å². The summed E-state index contributed by atoms with van der Waals surface area (Å²) in [5.41, 5.74) is 3.03. The summed E-state index contributed by atoms with van der Waals surface area (Å²) in [6.45, 7) is 0. The van der Waals surface area contributed by atoms with Crippen LogP contribution in [0.5, 0.6) is 0 Å². The lowest BCUT2D eigenvalue weighted by Crippen LogP contribution is -2.11. The number of fused-ring (bicyclic) bond motifs is 1. The molecule has 0 spiro atoms. The number of ketones is 1. The Hall–Kier alpha value is -1.90. The summed E-state index contributed by atoms with van der Waals surface area (Å²) in [5.74, 6) is 0.300. The topological polar surface area (TPSA) is 43.1 Å². The molecule has 0 amide bonds. The van der Waals surface area contributed by atoms with Crippen molar-refractivity contribution in [3.8, 4) is 0 Å². The molecule has 3 heteroatoms. The van der Waals surface area contributed by atoms with Gasteiger partial charge in [0.2, 0.25) is 0 Å². The molecule has 1 aliphatic carbocycles. The van der Waals surface area contributed by atoms with Crippen molar-refractivity contribution in [2.45, 2.75) is 12.8 Å². The van der Waals surface area contributed by atoms with E-state index < -0.39 is 0 Å². The lowest BCUT2D eigenvalue weighted by molar-refractivity contribution is 0.0936. The largest absolute Gasteiger partial charge is 0.364 e. The van der Waals surface area contributed by atoms with Gasteiger partial charge in [0, 0.05) is 17.0 Å². The van der Waals surface area contributed by atoms with E-state index in [1.807, 2.05) is 24.3 Å². The first kappa shape index (κ1) is 9.33. The summed E-state index contributed by atoms with van der Waals surface area (Å²) >= 11 is 0. The van der Waals surface area contributed by atoms with Crippen LogP contribution in [0.4, 0.5) is 0 Å². The predicted octanol–water partition coefficient (Wildman–Crippen LogP) is 2.27. The van der Waals surface area contributed by atoms with Crippen molar-refractivity contribution in [2.75, 3.05) is 0 Å². The minimum atomic E-state index is 0.0526. The van der Waals surface area contributed by atoms with Crippen LogP contribution in [-0.4, -0.2) is 10.9 Å². The molecule has 3 nitrogen and oxygen atoms in total. The summed E-state index contributed by atoms with van der Waals surface area (Å²) in [5, 5.41) is 3.65. The Labute approximate surface area is 93.1 Å². The number of Topliss-reactive ketones (excluding diaryl/α,β-unsaturated/α-hetero) is 1. The van der Waals surface area contributed by atoms with Gasteiger partial charge in [-0.2, -0.15) is 0 Å². The fourth-order valence-electron chi connectivity index (χ4n) is 2.29. The highest BCUT2D eigenvalue weighted by atomic mass is 16.5. The third kappa shape index (κ3) is 1.45. The van der Waals surface area contributed by atoms with Crippen molar-refractivity contribution in [3.63, 3.8) is 0 Å². The molecule has 1 aromatic carbocycles. The number of nitrogens with zero attached hydrogens (tertiary/aromatic N) is 1. The van der Waals surface area contributed by atoms with E-state index in [2.05, 4.69) is 5.16 Å². The molecule has 0 saturated carbocycles. The van der Waals surface area contributed by atoms with Crippen LogP contribution in [0.15, 0.2) is 41.2 Å². The second kappa shape index (κ2) is 3.59. The lowest BCUT2D eigenvalue weighted by atomic mass is 9.98. The average Bonchev–Trinajstić information content (AvgIpc) is 2.90. The molecule has 80 valence electrons. The summed E-state index contributed by atoms with van der Waals surface area (Å²) in [7, 11) is 0. The monoisotopic (exact) mass is 213 g/mol. The first-order valence-electron chi connectivity index (χ1n) is 5.35. The number of benzene rings is 1. The van der Waals surface area contributed by atoms with Crippen LogP contribution < -0.4 is 0 Å². The van der Waals surface area contributed by atoms with E-state index in [4.69, 9.17) is 4.52 Å². The SMILES string of the molecule is O=C1c2ccccc2CC1Cc1cnoc1. The first-order chi connectivity index (χ1) is 7.84. The van der Waals surface area contributed by atoms with Crippen molar-refractivity contribution in [3.05, 3.63) is 53.4 Å². The lowest BCUT2D eigenvalue weighted by Gasteiger charge is -2.03. The summed E-state index contributed by atoms with van der Waals surface area (Å²) in [6.07, 6.45) is 4.84. The van der Waals surface area contributed by atoms with Gasteiger partial charge in [-0.1, -0.05) is 29.4 Å². The van der Waals surface area contributed by atoms with Crippen molar-refractivity contribution in [1.29, 1.82) is 0 Å². The molecule has 0 saturated heterocycles. The van der Waals surface area contributed by atoms with Crippen LogP contribution in [0.3, 0.4) is 0 Å². The van der Waals surface area contributed by atoms with Crippen LogP contribution in [0.25, 0.3) is 0 Å². The van der Waals surface area contributed by atoms with Gasteiger partial charge in [-0.05, 0) is 18.4 Å². The highest BCUT2D eigenvalue weighted by Gasteiger charge is 2.30. The highest BCUT2D eigenvalue weighted by molar-refractivity contribution is 6.02. The van der Waals surface area contributed by atoms with Crippen molar-refractivity contribution in [2.24, 2.45) is 5.92 Å². The third-order valence-electron chi connectivity index (χ3n) is 3.09. The molecule has 1 unspecified atom stereocenters. The molecule has 0 radical (unpaired) electrons. The maximum absolute atomic E-state index is 12.1. The van der Waals surface area contributed by atoms with Crippen molar-refractivity contribution in [1.82, 2.24) is 5.16 Å². The van der Waals surface area contributed by atoms with Gasteiger partial charge in [0.15, 0.2) is 5.78 Å². The molecule has 1 heterocycles. The van der Waals surface area contributed by atoms with Gasteiger partial charge in [-0.3, -0.25) is 4.79 Å². The minimum absolute atomic E-state index is 0.0526. The fraction of sp³-hybridized carbons (Fsp3) is 0.231. The van der Waals surface area contributed by atoms with E-state index in [0.29, 0.717) is 0 Å². The fourth-order valence-corrected chi connectivity index (χ4v) is 2.29. The number of hydrogen-bond donors (Lipinski definition) is 0. The maximum Gasteiger partial charge on any atom is 0.166 e. The smallest absolute Gasteiger partial charge is 0.166 e. The van der Waals surface area contributed by atoms with Crippen LogP contribution in [0, 0.1) is 5.92 Å². The molecule has 0 aliphatic heterocycles. The molecule has 1 atom stereocenters. The zero-order valence-electron chi connectivity index (χ0n) is 8.72. The van der Waals surface area contributed by atoms with E-state index in [9.17, 15) is 4.79 Å². The van der Waals surface area contributed by atoms with Crippen LogP contribution in [-0.2, 0) is 12.8 Å². The molecule has 16 heavy (non-hydrogen) atoms. The number of hydrogen-bond acceptors (Lipinski definition) is 3. The van der Waals surface area contributed by atoms with Gasteiger partial charge in [0.05, 0.1) is 6.20 Å². The van der Waals surface area contributed by atoms with Crippen LogP contribution in [0.2, 0.25) is 0 Å². The minimum Gasteiger partial charge on any atom is -0.364 e. The Kier molecular flexibility index (Phi) is 2.10. The van der Waals surface area contributed by atoms with E-state index >= 15 is 0 Å². The van der Waals surface area contributed by atoms with E-state index in [1.165, 1.54) is 0 Å². The van der Waals surface area contributed by atoms with E-state index in [-0.39, 0.29) is 11.7 Å². The van der Waals surface area contributed by atoms with Gasteiger partial charge in [0.25, 0.3) is 0 Å². The number of carbonyl (C=O) groups excluding carboxylic acids is 1.